The van der Waals surface area contributed by atoms with Gasteiger partial charge in [-0.25, -0.2) is 0 Å². The molecule has 23 heavy (non-hydrogen) atoms. The zero-order valence-electron chi connectivity index (χ0n) is 14.3. The maximum Gasteiger partial charge on any atom is 0.0245 e. The van der Waals surface area contributed by atoms with Crippen LogP contribution in [0.4, 0.5) is 0 Å². The Morgan fingerprint density at radius 3 is 2.13 bits per heavy atom. The van der Waals surface area contributed by atoms with Gasteiger partial charge >= 0.3 is 0 Å². The molecule has 1 aliphatic rings. The summed E-state index contributed by atoms with van der Waals surface area (Å²) in [7, 11) is 0. The molecule has 1 saturated carbocycles. The van der Waals surface area contributed by atoms with Gasteiger partial charge in [-0.1, -0.05) is 60.7 Å². The van der Waals surface area contributed by atoms with Crippen LogP contribution in [0.25, 0.3) is 0 Å². The van der Waals surface area contributed by atoms with Crippen LogP contribution in [0, 0.1) is 24.7 Å². The largest absolute Gasteiger partial charge is 0.0945 e. The predicted octanol–water partition coefficient (Wildman–Crippen LogP) is 5.88. The van der Waals surface area contributed by atoms with Crippen molar-refractivity contribution in [3.63, 3.8) is 0 Å². The second-order valence-electron chi connectivity index (χ2n) is 6.78. The lowest BCUT2D eigenvalue weighted by molar-refractivity contribution is 0.384. The highest BCUT2D eigenvalue weighted by molar-refractivity contribution is 5.36. The quantitative estimate of drug-likeness (QED) is 0.607. The lowest BCUT2D eigenvalue weighted by Crippen LogP contribution is -2.12. The highest BCUT2D eigenvalue weighted by Gasteiger charge is 2.20. The summed E-state index contributed by atoms with van der Waals surface area (Å²) >= 11 is 0. The molecule has 2 aromatic rings. The molecule has 0 saturated heterocycles. The highest BCUT2D eigenvalue weighted by Crippen LogP contribution is 2.35. The minimum absolute atomic E-state index is 0.572. The van der Waals surface area contributed by atoms with Gasteiger partial charge in [-0.2, -0.15) is 0 Å². The van der Waals surface area contributed by atoms with E-state index in [4.69, 9.17) is 0 Å². The van der Waals surface area contributed by atoms with Crippen LogP contribution in [-0.4, -0.2) is 0 Å². The minimum Gasteiger partial charge on any atom is -0.0945 e. The minimum atomic E-state index is 0.572. The van der Waals surface area contributed by atoms with Crippen LogP contribution < -0.4 is 0 Å². The molecule has 0 nitrogen and oxygen atoms in total. The van der Waals surface area contributed by atoms with Gasteiger partial charge in [-0.3, -0.25) is 0 Å². The molecule has 118 valence electrons. The fourth-order valence-electron chi connectivity index (χ4n) is 3.42. The zero-order valence-corrected chi connectivity index (χ0v) is 14.3. The number of rotatable bonds is 2. The monoisotopic (exact) mass is 302 g/mol. The van der Waals surface area contributed by atoms with E-state index in [9.17, 15) is 0 Å². The number of aryl methyl sites for hydroxylation is 2. The van der Waals surface area contributed by atoms with E-state index >= 15 is 0 Å². The van der Waals surface area contributed by atoms with Crippen LogP contribution in [0.2, 0.25) is 0 Å². The van der Waals surface area contributed by atoms with Crippen molar-refractivity contribution in [3.8, 4) is 11.8 Å². The molecule has 0 bridgehead atoms. The molecule has 0 heteroatoms. The first-order chi connectivity index (χ1) is 11.2. The predicted molar refractivity (Wildman–Crippen MR) is 98.6 cm³/mol. The van der Waals surface area contributed by atoms with Crippen molar-refractivity contribution in [1.82, 2.24) is 0 Å². The van der Waals surface area contributed by atoms with E-state index in [0.717, 1.165) is 17.9 Å². The second kappa shape index (κ2) is 7.51. The van der Waals surface area contributed by atoms with E-state index in [1.165, 1.54) is 42.4 Å². The smallest absolute Gasteiger partial charge is 0.0245 e. The Morgan fingerprint density at radius 1 is 0.870 bits per heavy atom. The van der Waals surface area contributed by atoms with E-state index in [1.54, 1.807) is 0 Å². The zero-order chi connectivity index (χ0) is 16.1. The van der Waals surface area contributed by atoms with Gasteiger partial charge in [0.1, 0.15) is 0 Å². The molecule has 0 aromatic heterocycles. The third-order valence-corrected chi connectivity index (χ3v) is 5.06. The first kappa shape index (κ1) is 15.9. The number of hydrogen-bond donors (Lipinski definition) is 0. The molecule has 0 amide bonds. The first-order valence-corrected chi connectivity index (χ1v) is 8.91. The summed E-state index contributed by atoms with van der Waals surface area (Å²) in [6, 6.07) is 17.8. The summed E-state index contributed by atoms with van der Waals surface area (Å²) in [6.07, 6.45) is 6.11. The molecule has 2 aromatic carbocycles. The SMILES string of the molecule is CCc1ccc(C#C[C@H]2CC[C@H](c3ccc(C)cc3)CC2)cc1. The topological polar surface area (TPSA) is 0 Å². The Labute approximate surface area is 140 Å². The van der Waals surface area contributed by atoms with Crippen molar-refractivity contribution in [2.75, 3.05) is 0 Å². The van der Waals surface area contributed by atoms with Gasteiger partial charge in [-0.15, -0.1) is 0 Å². The summed E-state index contributed by atoms with van der Waals surface area (Å²) in [6.45, 7) is 4.34. The van der Waals surface area contributed by atoms with Crippen molar-refractivity contribution >= 4 is 0 Å². The lowest BCUT2D eigenvalue weighted by atomic mass is 9.79. The third-order valence-electron chi connectivity index (χ3n) is 5.06. The van der Waals surface area contributed by atoms with E-state index in [-0.39, 0.29) is 0 Å². The van der Waals surface area contributed by atoms with Gasteiger partial charge < -0.3 is 0 Å². The molecule has 1 aliphatic carbocycles. The molecule has 3 rings (SSSR count). The second-order valence-corrected chi connectivity index (χ2v) is 6.78. The Kier molecular flexibility index (Phi) is 5.19. The van der Waals surface area contributed by atoms with Crippen LogP contribution in [0.3, 0.4) is 0 Å². The van der Waals surface area contributed by atoms with E-state index in [0.29, 0.717) is 5.92 Å². The fourth-order valence-corrected chi connectivity index (χ4v) is 3.42. The van der Waals surface area contributed by atoms with Crippen LogP contribution >= 0.6 is 0 Å². The Morgan fingerprint density at radius 2 is 1.52 bits per heavy atom. The van der Waals surface area contributed by atoms with E-state index in [1.807, 2.05) is 0 Å². The summed E-state index contributed by atoms with van der Waals surface area (Å²) in [5, 5.41) is 0. The summed E-state index contributed by atoms with van der Waals surface area (Å²) in [4.78, 5) is 0. The standard InChI is InChI=1S/C23H26/c1-3-19-6-8-20(9-7-19)10-11-21-12-16-23(17-13-21)22-14-4-18(2)5-15-22/h4-9,14-15,21,23H,3,12-13,16-17H2,1-2H3/t21-,23-. The fraction of sp³-hybridized carbons (Fsp3) is 0.391. The van der Waals surface area contributed by atoms with E-state index in [2.05, 4.69) is 74.2 Å². The average molecular weight is 302 g/mol. The molecular formula is C23H26. The molecule has 0 aliphatic heterocycles. The van der Waals surface area contributed by atoms with Crippen molar-refractivity contribution in [2.45, 2.75) is 51.9 Å². The highest BCUT2D eigenvalue weighted by atomic mass is 14.2. The number of benzene rings is 2. The maximum atomic E-state index is 3.51. The van der Waals surface area contributed by atoms with Gasteiger partial charge in [0.15, 0.2) is 0 Å². The summed E-state index contributed by atoms with van der Waals surface area (Å²) in [5.41, 5.74) is 5.40. The van der Waals surface area contributed by atoms with Crippen molar-refractivity contribution in [3.05, 3.63) is 70.8 Å². The molecule has 0 N–H and O–H groups in total. The lowest BCUT2D eigenvalue weighted by Gasteiger charge is -2.26. The van der Waals surface area contributed by atoms with Crippen LogP contribution in [0.15, 0.2) is 48.5 Å². The van der Waals surface area contributed by atoms with Gasteiger partial charge in [0.05, 0.1) is 0 Å². The van der Waals surface area contributed by atoms with Crippen molar-refractivity contribution in [2.24, 2.45) is 5.92 Å². The van der Waals surface area contributed by atoms with Crippen LogP contribution in [0.1, 0.15) is 60.8 Å². The Bertz CT molecular complexity index is 672. The van der Waals surface area contributed by atoms with Gasteiger partial charge in [0.25, 0.3) is 0 Å². The Hall–Kier alpha value is -2.00. The van der Waals surface area contributed by atoms with Crippen molar-refractivity contribution < 1.29 is 0 Å². The molecule has 1 fully saturated rings. The average Bonchev–Trinajstić information content (AvgIpc) is 2.61. The van der Waals surface area contributed by atoms with Crippen LogP contribution in [0.5, 0.6) is 0 Å². The Balaban J connectivity index is 1.56. The molecule has 0 heterocycles. The van der Waals surface area contributed by atoms with Gasteiger partial charge in [0.2, 0.25) is 0 Å². The molecule has 0 spiro atoms. The maximum absolute atomic E-state index is 3.51. The molecule has 0 unspecified atom stereocenters. The number of hydrogen-bond acceptors (Lipinski definition) is 0. The third kappa shape index (κ3) is 4.26. The van der Waals surface area contributed by atoms with E-state index < -0.39 is 0 Å². The van der Waals surface area contributed by atoms with Gasteiger partial charge in [0, 0.05) is 11.5 Å². The summed E-state index contributed by atoms with van der Waals surface area (Å²) < 4.78 is 0. The van der Waals surface area contributed by atoms with Gasteiger partial charge in [-0.05, 0) is 68.2 Å². The summed E-state index contributed by atoms with van der Waals surface area (Å²) in [5.74, 6) is 8.19. The normalized spacial score (nSPS) is 20.6. The molecule has 0 radical (unpaired) electrons. The molecular weight excluding hydrogens is 276 g/mol. The molecule has 0 atom stereocenters. The van der Waals surface area contributed by atoms with Crippen molar-refractivity contribution in [1.29, 1.82) is 0 Å². The first-order valence-electron chi connectivity index (χ1n) is 8.91. The van der Waals surface area contributed by atoms with Crippen LogP contribution in [-0.2, 0) is 6.42 Å².